The van der Waals surface area contributed by atoms with Crippen LogP contribution >= 0.6 is 0 Å². The minimum Gasteiger partial charge on any atom is -0.496 e. The predicted octanol–water partition coefficient (Wildman–Crippen LogP) is 2.47. The molecule has 0 bridgehead atoms. The number of nitrogens with zero attached hydrogens (tertiary/aromatic N) is 1. The largest absolute Gasteiger partial charge is 0.496 e. The molecule has 160 valence electrons. The molecule has 2 aromatic carbocycles. The molecule has 3 rings (SSSR count). The molecule has 0 aromatic heterocycles. The molecule has 0 aliphatic carbocycles. The number of rotatable bonds is 6. The third-order valence-electron chi connectivity index (χ3n) is 5.22. The Morgan fingerprint density at radius 1 is 1.10 bits per heavy atom. The van der Waals surface area contributed by atoms with Gasteiger partial charge in [0.1, 0.15) is 5.75 Å². The van der Waals surface area contributed by atoms with Crippen molar-refractivity contribution in [3.63, 3.8) is 0 Å². The van der Waals surface area contributed by atoms with Gasteiger partial charge in [-0.2, -0.15) is 0 Å². The summed E-state index contributed by atoms with van der Waals surface area (Å²) >= 11 is 0. The van der Waals surface area contributed by atoms with Gasteiger partial charge < -0.3 is 15.4 Å². The number of likely N-dealkylation sites (tertiary alicyclic amines) is 1. The van der Waals surface area contributed by atoms with Crippen molar-refractivity contribution in [3.8, 4) is 5.75 Å². The van der Waals surface area contributed by atoms with Crippen molar-refractivity contribution >= 4 is 27.5 Å². The molecule has 0 saturated carbocycles. The first-order valence-electron chi connectivity index (χ1n) is 9.62. The fraction of sp³-hybridized carbons (Fsp3) is 0.333. The second-order valence-electron chi connectivity index (χ2n) is 7.35. The van der Waals surface area contributed by atoms with E-state index in [9.17, 15) is 18.0 Å². The van der Waals surface area contributed by atoms with Gasteiger partial charge in [-0.25, -0.2) is 8.42 Å². The molecule has 30 heavy (non-hydrogen) atoms. The van der Waals surface area contributed by atoms with E-state index in [1.807, 2.05) is 0 Å². The lowest BCUT2D eigenvalue weighted by atomic mass is 9.98. The number of ether oxygens (including phenoxy) is 1. The van der Waals surface area contributed by atoms with Gasteiger partial charge in [-0.3, -0.25) is 14.3 Å². The fourth-order valence-corrected chi connectivity index (χ4v) is 4.50. The van der Waals surface area contributed by atoms with Crippen molar-refractivity contribution in [1.29, 1.82) is 0 Å². The molecule has 2 aromatic rings. The lowest BCUT2D eigenvalue weighted by Gasteiger charge is -2.30. The van der Waals surface area contributed by atoms with E-state index in [0.717, 1.165) is 12.8 Å². The zero-order chi connectivity index (χ0) is 21.9. The first-order chi connectivity index (χ1) is 14.2. The number of nitrogens with two attached hydrogens (primary N) is 1. The Balaban J connectivity index is 1.94. The maximum Gasteiger partial charge on any atom is 0.261 e. The summed E-state index contributed by atoms with van der Waals surface area (Å²) in [5.41, 5.74) is 5.62. The Kier molecular flexibility index (Phi) is 6.31. The fourth-order valence-electron chi connectivity index (χ4n) is 3.39. The second kappa shape index (κ2) is 8.74. The number of piperidine rings is 1. The van der Waals surface area contributed by atoms with Gasteiger partial charge in [0.05, 0.1) is 28.8 Å². The lowest BCUT2D eigenvalue weighted by molar-refractivity contribution is 0.0693. The summed E-state index contributed by atoms with van der Waals surface area (Å²) in [6.07, 6.45) is 1.80. The molecule has 2 amide bonds. The average molecular weight is 432 g/mol. The van der Waals surface area contributed by atoms with E-state index in [-0.39, 0.29) is 27.6 Å². The third kappa shape index (κ3) is 4.56. The number of carbonyl (C=O) groups excluding carboxylic acids is 2. The van der Waals surface area contributed by atoms with E-state index in [1.54, 1.807) is 17.0 Å². The molecular formula is C21H25N3O5S. The SMILES string of the molecule is COc1ccc(S(=O)(=O)Nc2ccccc2C(N)=O)cc1C(=O)N1CCC(C)CC1. The molecule has 0 spiro atoms. The summed E-state index contributed by atoms with van der Waals surface area (Å²) in [6.45, 7) is 3.37. The van der Waals surface area contributed by atoms with Crippen LogP contribution in [0.3, 0.4) is 0 Å². The van der Waals surface area contributed by atoms with Crippen molar-refractivity contribution in [2.75, 3.05) is 24.9 Å². The van der Waals surface area contributed by atoms with E-state index >= 15 is 0 Å². The van der Waals surface area contributed by atoms with Crippen LogP contribution in [0.15, 0.2) is 47.4 Å². The number of primary amides is 1. The number of anilines is 1. The Labute approximate surface area is 176 Å². The van der Waals surface area contributed by atoms with Crippen molar-refractivity contribution in [1.82, 2.24) is 4.90 Å². The second-order valence-corrected chi connectivity index (χ2v) is 9.03. The maximum absolute atomic E-state index is 13.0. The van der Waals surface area contributed by atoms with E-state index in [4.69, 9.17) is 10.5 Å². The number of methoxy groups -OCH3 is 1. The summed E-state index contributed by atoms with van der Waals surface area (Å²) in [4.78, 5) is 26.2. The van der Waals surface area contributed by atoms with E-state index in [1.165, 1.54) is 37.4 Å². The highest BCUT2D eigenvalue weighted by molar-refractivity contribution is 7.92. The molecule has 8 nitrogen and oxygen atoms in total. The van der Waals surface area contributed by atoms with Gasteiger partial charge in [0.2, 0.25) is 0 Å². The van der Waals surface area contributed by atoms with Crippen LogP contribution in [-0.4, -0.2) is 45.3 Å². The molecular weight excluding hydrogens is 406 g/mol. The van der Waals surface area contributed by atoms with Crippen LogP contribution in [0.2, 0.25) is 0 Å². The number of nitrogens with one attached hydrogen (secondary N) is 1. The molecule has 1 heterocycles. The van der Waals surface area contributed by atoms with Crippen molar-refractivity contribution < 1.29 is 22.7 Å². The number of benzene rings is 2. The minimum atomic E-state index is -4.07. The Bertz CT molecular complexity index is 1060. The zero-order valence-electron chi connectivity index (χ0n) is 16.9. The van der Waals surface area contributed by atoms with Gasteiger partial charge in [0.25, 0.3) is 21.8 Å². The van der Waals surface area contributed by atoms with Crippen LogP contribution in [0, 0.1) is 5.92 Å². The van der Waals surface area contributed by atoms with Crippen LogP contribution in [0.1, 0.15) is 40.5 Å². The quantitative estimate of drug-likeness (QED) is 0.728. The van der Waals surface area contributed by atoms with Gasteiger partial charge in [0, 0.05) is 13.1 Å². The van der Waals surface area contributed by atoms with Crippen molar-refractivity contribution in [3.05, 3.63) is 53.6 Å². The molecule has 1 saturated heterocycles. The monoisotopic (exact) mass is 431 g/mol. The van der Waals surface area contributed by atoms with E-state index < -0.39 is 15.9 Å². The van der Waals surface area contributed by atoms with Crippen molar-refractivity contribution in [2.45, 2.75) is 24.7 Å². The molecule has 0 unspecified atom stereocenters. The number of hydrogen-bond donors (Lipinski definition) is 2. The standard InChI is InChI=1S/C21H25N3O5S/c1-14-9-11-24(12-10-14)21(26)17-13-15(7-8-19(17)29-2)30(27,28)23-18-6-4-3-5-16(18)20(22)25/h3-8,13-14,23H,9-12H2,1-2H3,(H2,22,25). The van der Waals surface area contributed by atoms with Gasteiger partial charge >= 0.3 is 0 Å². The highest BCUT2D eigenvalue weighted by atomic mass is 32.2. The molecule has 0 radical (unpaired) electrons. The predicted molar refractivity (Wildman–Crippen MR) is 113 cm³/mol. The lowest BCUT2D eigenvalue weighted by Crippen LogP contribution is -2.38. The average Bonchev–Trinajstić information content (AvgIpc) is 2.73. The van der Waals surface area contributed by atoms with Gasteiger partial charge in [-0.05, 0) is 49.1 Å². The van der Waals surface area contributed by atoms with Crippen LogP contribution in [0.5, 0.6) is 5.75 Å². The summed E-state index contributed by atoms with van der Waals surface area (Å²) in [5, 5.41) is 0. The van der Waals surface area contributed by atoms with Gasteiger partial charge in [0.15, 0.2) is 0 Å². The molecule has 0 atom stereocenters. The van der Waals surface area contributed by atoms with E-state index in [0.29, 0.717) is 24.8 Å². The van der Waals surface area contributed by atoms with Gasteiger partial charge in [-0.1, -0.05) is 19.1 Å². The normalized spacial score (nSPS) is 14.9. The smallest absolute Gasteiger partial charge is 0.261 e. The molecule has 3 N–H and O–H groups in total. The number of para-hydroxylation sites is 1. The summed E-state index contributed by atoms with van der Waals surface area (Å²) in [5.74, 6) is -0.168. The van der Waals surface area contributed by atoms with Crippen LogP contribution in [0.4, 0.5) is 5.69 Å². The van der Waals surface area contributed by atoms with Gasteiger partial charge in [-0.15, -0.1) is 0 Å². The highest BCUT2D eigenvalue weighted by Crippen LogP contribution is 2.28. The number of amides is 2. The third-order valence-corrected chi connectivity index (χ3v) is 6.58. The van der Waals surface area contributed by atoms with Crippen LogP contribution in [-0.2, 0) is 10.0 Å². The summed E-state index contributed by atoms with van der Waals surface area (Å²) < 4.78 is 33.6. The Morgan fingerprint density at radius 2 is 1.77 bits per heavy atom. The topological polar surface area (TPSA) is 119 Å². The first-order valence-corrected chi connectivity index (χ1v) is 11.1. The Morgan fingerprint density at radius 3 is 2.40 bits per heavy atom. The van der Waals surface area contributed by atoms with Crippen LogP contribution < -0.4 is 15.2 Å². The maximum atomic E-state index is 13.0. The number of carbonyl (C=O) groups is 2. The minimum absolute atomic E-state index is 0.0494. The van der Waals surface area contributed by atoms with E-state index in [2.05, 4.69) is 11.6 Å². The first kappa shape index (κ1) is 21.6. The molecule has 1 fully saturated rings. The molecule has 1 aliphatic heterocycles. The molecule has 1 aliphatic rings. The number of hydrogen-bond acceptors (Lipinski definition) is 5. The van der Waals surface area contributed by atoms with Crippen molar-refractivity contribution in [2.24, 2.45) is 11.7 Å². The number of sulfonamides is 1. The van der Waals surface area contributed by atoms with Crippen LogP contribution in [0.25, 0.3) is 0 Å². The Hall–Kier alpha value is -3.07. The molecule has 9 heteroatoms. The zero-order valence-corrected chi connectivity index (χ0v) is 17.7. The highest BCUT2D eigenvalue weighted by Gasteiger charge is 2.26. The summed E-state index contributed by atoms with van der Waals surface area (Å²) in [6, 6.07) is 10.2. The summed E-state index contributed by atoms with van der Waals surface area (Å²) in [7, 11) is -2.64.